The predicted octanol–water partition coefficient (Wildman–Crippen LogP) is 5.85. The summed E-state index contributed by atoms with van der Waals surface area (Å²) >= 11 is 1.77. The molecule has 3 atom stereocenters. The molecule has 5 nitrogen and oxygen atoms in total. The molecule has 1 amide bonds. The smallest absolute Gasteiger partial charge is 0.222 e. The number of carbonyl (C=O) groups excluding carboxylic acids is 1. The number of nitrogens with one attached hydrogen (secondary N) is 1. The summed E-state index contributed by atoms with van der Waals surface area (Å²) in [5.74, 6) is 1.20. The van der Waals surface area contributed by atoms with Crippen LogP contribution in [0, 0.1) is 11.8 Å². The van der Waals surface area contributed by atoms with Crippen molar-refractivity contribution in [1.29, 1.82) is 0 Å². The molecule has 1 aliphatic heterocycles. The number of pyridine rings is 2. The molecule has 2 aliphatic carbocycles. The van der Waals surface area contributed by atoms with Crippen molar-refractivity contribution in [1.82, 2.24) is 14.9 Å². The molecule has 0 bridgehead atoms. The molecule has 4 heterocycles. The molecule has 6 rings (SSSR count). The Morgan fingerprint density at radius 2 is 2.09 bits per heavy atom. The van der Waals surface area contributed by atoms with Gasteiger partial charge in [-0.25, -0.2) is 4.98 Å². The van der Waals surface area contributed by atoms with Crippen molar-refractivity contribution < 1.29 is 4.79 Å². The van der Waals surface area contributed by atoms with Gasteiger partial charge < -0.3 is 10.2 Å². The summed E-state index contributed by atoms with van der Waals surface area (Å²) in [4.78, 5) is 24.4. The van der Waals surface area contributed by atoms with E-state index in [0.29, 0.717) is 18.3 Å². The highest BCUT2D eigenvalue weighted by molar-refractivity contribution is 7.22. The lowest BCUT2D eigenvalue weighted by molar-refractivity contribution is -0.132. The van der Waals surface area contributed by atoms with Gasteiger partial charge in [-0.1, -0.05) is 36.5 Å². The number of hydrogen-bond donors (Lipinski definition) is 1. The Bertz CT molecular complexity index is 1310. The van der Waals surface area contributed by atoms with Gasteiger partial charge in [0.25, 0.3) is 0 Å². The fourth-order valence-corrected chi connectivity index (χ4v) is 6.84. The van der Waals surface area contributed by atoms with E-state index in [0.717, 1.165) is 48.3 Å². The van der Waals surface area contributed by atoms with E-state index in [4.69, 9.17) is 4.98 Å². The number of thiophene rings is 1. The molecule has 3 aromatic heterocycles. The van der Waals surface area contributed by atoms with Crippen LogP contribution in [0.5, 0.6) is 0 Å². The second kappa shape index (κ2) is 8.35. The van der Waals surface area contributed by atoms with Crippen LogP contribution in [0.4, 0.5) is 5.00 Å². The molecule has 3 unspecified atom stereocenters. The molecular formula is C28H30N4OS. The first-order valence-electron chi connectivity index (χ1n) is 12.3. The molecule has 174 valence electrons. The fraction of sp³-hybridized carbons (Fsp3) is 0.393. The summed E-state index contributed by atoms with van der Waals surface area (Å²) in [6.07, 6.45) is 15.6. The fourth-order valence-electron chi connectivity index (χ4n) is 5.58. The lowest BCUT2D eigenvalue weighted by Crippen LogP contribution is -2.36. The molecule has 0 spiro atoms. The molecule has 1 saturated heterocycles. The number of anilines is 1. The van der Waals surface area contributed by atoms with Crippen molar-refractivity contribution in [3.05, 3.63) is 66.0 Å². The Hall–Kier alpha value is -2.99. The van der Waals surface area contributed by atoms with Gasteiger partial charge in [0.05, 0.1) is 16.2 Å². The first-order valence-corrected chi connectivity index (χ1v) is 13.1. The van der Waals surface area contributed by atoms with Crippen molar-refractivity contribution in [3.63, 3.8) is 0 Å². The molecule has 0 aromatic carbocycles. The van der Waals surface area contributed by atoms with Gasteiger partial charge in [0, 0.05) is 43.4 Å². The number of rotatable bonds is 5. The Morgan fingerprint density at radius 3 is 2.88 bits per heavy atom. The minimum atomic E-state index is -0.00996. The number of nitrogens with zero attached hydrogens (tertiary/aromatic N) is 3. The third kappa shape index (κ3) is 3.74. The number of likely N-dealkylation sites (tertiary alicyclic amines) is 1. The van der Waals surface area contributed by atoms with Crippen LogP contribution in [0.2, 0.25) is 0 Å². The van der Waals surface area contributed by atoms with Gasteiger partial charge >= 0.3 is 0 Å². The van der Waals surface area contributed by atoms with E-state index >= 15 is 0 Å². The van der Waals surface area contributed by atoms with Crippen LogP contribution in [-0.4, -0.2) is 39.9 Å². The third-order valence-electron chi connectivity index (χ3n) is 7.77. The van der Waals surface area contributed by atoms with E-state index < -0.39 is 0 Å². The number of fused-ring (bicyclic) bond motifs is 2. The summed E-state index contributed by atoms with van der Waals surface area (Å²) in [5.41, 5.74) is 4.76. The van der Waals surface area contributed by atoms with Crippen molar-refractivity contribution in [2.75, 3.05) is 18.9 Å². The molecule has 2 fully saturated rings. The van der Waals surface area contributed by atoms with Crippen LogP contribution in [0.3, 0.4) is 0 Å². The molecule has 3 aliphatic rings. The number of aryl methyl sites for hydroxylation is 1. The van der Waals surface area contributed by atoms with Gasteiger partial charge in [0.1, 0.15) is 4.83 Å². The minimum Gasteiger partial charge on any atom is -0.367 e. The zero-order valence-corrected chi connectivity index (χ0v) is 20.6. The minimum absolute atomic E-state index is 0.00996. The predicted molar refractivity (Wildman–Crippen MR) is 139 cm³/mol. The first-order chi connectivity index (χ1) is 16.6. The van der Waals surface area contributed by atoms with Crippen molar-refractivity contribution >= 4 is 32.5 Å². The lowest BCUT2D eigenvalue weighted by atomic mass is 9.87. The molecule has 6 heteroatoms. The van der Waals surface area contributed by atoms with E-state index in [1.807, 2.05) is 36.5 Å². The van der Waals surface area contributed by atoms with Crippen LogP contribution in [0.1, 0.15) is 38.2 Å². The van der Waals surface area contributed by atoms with E-state index in [1.54, 1.807) is 11.3 Å². The Kier molecular flexibility index (Phi) is 5.29. The number of piperidine rings is 1. The molecule has 1 N–H and O–H groups in total. The van der Waals surface area contributed by atoms with E-state index in [9.17, 15) is 4.79 Å². The van der Waals surface area contributed by atoms with Crippen LogP contribution in [0.25, 0.3) is 21.5 Å². The topological polar surface area (TPSA) is 58.1 Å². The Morgan fingerprint density at radius 1 is 1.24 bits per heavy atom. The quantitative estimate of drug-likeness (QED) is 0.508. The lowest BCUT2D eigenvalue weighted by Gasteiger charge is -2.30. The van der Waals surface area contributed by atoms with Crippen molar-refractivity contribution in [3.8, 4) is 11.3 Å². The van der Waals surface area contributed by atoms with Crippen molar-refractivity contribution in [2.45, 2.75) is 44.6 Å². The van der Waals surface area contributed by atoms with Gasteiger partial charge in [-0.15, -0.1) is 0 Å². The number of aromatic nitrogens is 2. The summed E-state index contributed by atoms with van der Waals surface area (Å²) in [6.45, 7) is 3.08. The second-order valence-corrected chi connectivity index (χ2v) is 10.9. The van der Waals surface area contributed by atoms with Gasteiger partial charge in [0.2, 0.25) is 5.91 Å². The van der Waals surface area contributed by atoms with Crippen molar-refractivity contribution in [2.24, 2.45) is 11.8 Å². The number of hydrogen-bond acceptors (Lipinski definition) is 5. The highest BCUT2D eigenvalue weighted by atomic mass is 32.1. The second-order valence-electron chi connectivity index (χ2n) is 9.90. The van der Waals surface area contributed by atoms with Gasteiger partial charge in [0.15, 0.2) is 0 Å². The average Bonchev–Trinajstić information content (AvgIpc) is 3.44. The molecule has 34 heavy (non-hydrogen) atoms. The maximum Gasteiger partial charge on any atom is 0.222 e. The highest BCUT2D eigenvalue weighted by Crippen LogP contribution is 2.54. The molecule has 1 saturated carbocycles. The number of amides is 1. The number of allylic oxidation sites excluding steroid dienone is 3. The van der Waals surface area contributed by atoms with Gasteiger partial charge in [-0.05, 0) is 72.9 Å². The normalized spacial score (nSPS) is 26.2. The molecule has 3 aromatic rings. The van der Waals surface area contributed by atoms with E-state index in [2.05, 4.69) is 47.6 Å². The van der Waals surface area contributed by atoms with Gasteiger partial charge in [-0.3, -0.25) is 9.78 Å². The van der Waals surface area contributed by atoms with Crippen LogP contribution >= 0.6 is 11.3 Å². The molecule has 0 radical (unpaired) electrons. The standard InChI is InChI=1S/C28H30N4OS/c1-3-22-23-7-8-24(18-9-12-29-13-10-18)30-26(23)34-27(22)31-28-16-20(5-4-6-21(28)17-28)19-11-14-32(2)25(33)15-19/h4-5,7-10,12-13,16,19,21,31H,3,6,11,14-15,17H2,1-2H3. The van der Waals surface area contributed by atoms with Crippen LogP contribution in [-0.2, 0) is 11.2 Å². The highest BCUT2D eigenvalue weighted by Gasteiger charge is 2.53. The maximum atomic E-state index is 12.4. The summed E-state index contributed by atoms with van der Waals surface area (Å²) < 4.78 is 0. The molecular weight excluding hydrogens is 440 g/mol. The Labute approximate surface area is 204 Å². The largest absolute Gasteiger partial charge is 0.367 e. The van der Waals surface area contributed by atoms with E-state index in [-0.39, 0.29) is 11.4 Å². The number of carbonyl (C=O) groups is 1. The third-order valence-corrected chi connectivity index (χ3v) is 8.83. The summed E-state index contributed by atoms with van der Waals surface area (Å²) in [5, 5.41) is 6.48. The van der Waals surface area contributed by atoms with E-state index in [1.165, 1.54) is 21.5 Å². The zero-order valence-electron chi connectivity index (χ0n) is 19.8. The first kappa shape index (κ1) is 21.5. The van der Waals surface area contributed by atoms with Crippen LogP contribution < -0.4 is 5.32 Å². The SMILES string of the molecule is CCc1c(NC23C=C(C4CCN(C)C(=O)C4)C=CCC2C3)sc2nc(-c3ccncc3)ccc12. The maximum absolute atomic E-state index is 12.4. The Balaban J connectivity index is 1.32. The van der Waals surface area contributed by atoms with Crippen LogP contribution in [0.15, 0.2) is 60.5 Å². The summed E-state index contributed by atoms with van der Waals surface area (Å²) in [7, 11) is 1.91. The average molecular weight is 471 g/mol. The monoisotopic (exact) mass is 470 g/mol. The summed E-state index contributed by atoms with van der Waals surface area (Å²) in [6, 6.07) is 8.36. The van der Waals surface area contributed by atoms with Gasteiger partial charge in [-0.2, -0.15) is 0 Å². The zero-order chi connectivity index (χ0) is 23.3.